The zero-order chi connectivity index (χ0) is 22.4. The van der Waals surface area contributed by atoms with Crippen LogP contribution in [0.3, 0.4) is 0 Å². The number of phenols is 1. The van der Waals surface area contributed by atoms with Crippen LogP contribution in [-0.4, -0.2) is 58.9 Å². The maximum atomic E-state index is 15.9. The predicted octanol–water partition coefficient (Wildman–Crippen LogP) is 2.73. The molecule has 162 valence electrons. The molecule has 0 atom stereocenters. The van der Waals surface area contributed by atoms with Crippen LogP contribution in [0.2, 0.25) is 0 Å². The minimum absolute atomic E-state index is 0.0339. The molecule has 0 bridgehead atoms. The molecule has 1 fully saturated rings. The molecule has 7 nitrogen and oxygen atoms in total. The number of rotatable bonds is 3. The smallest absolute Gasteiger partial charge is 0.341 e. The Morgan fingerprint density at radius 1 is 1.03 bits per heavy atom. The lowest BCUT2D eigenvalue weighted by atomic mass is 10.0. The van der Waals surface area contributed by atoms with Gasteiger partial charge in [-0.15, -0.1) is 0 Å². The molecule has 9 heteroatoms. The van der Waals surface area contributed by atoms with Crippen molar-refractivity contribution in [2.45, 2.75) is 6.92 Å². The molecule has 1 aromatic heterocycles. The van der Waals surface area contributed by atoms with Crippen LogP contribution in [-0.2, 0) is 0 Å². The Bertz CT molecular complexity index is 1250. The number of halogens is 2. The molecular weight excluding hydrogens is 408 g/mol. The highest BCUT2D eigenvalue weighted by atomic mass is 19.1. The van der Waals surface area contributed by atoms with Crippen LogP contribution in [0.1, 0.15) is 15.9 Å². The van der Waals surface area contributed by atoms with E-state index in [1.165, 1.54) is 35.8 Å². The van der Waals surface area contributed by atoms with Crippen molar-refractivity contribution in [2.75, 3.05) is 38.1 Å². The Kier molecular flexibility index (Phi) is 5.14. The first-order valence-corrected chi connectivity index (χ1v) is 9.73. The van der Waals surface area contributed by atoms with Gasteiger partial charge in [0.15, 0.2) is 11.6 Å². The largest absolute Gasteiger partial charge is 0.508 e. The van der Waals surface area contributed by atoms with Crippen molar-refractivity contribution >= 4 is 22.6 Å². The van der Waals surface area contributed by atoms with E-state index < -0.39 is 28.6 Å². The van der Waals surface area contributed by atoms with Crippen molar-refractivity contribution < 1.29 is 23.8 Å². The first-order chi connectivity index (χ1) is 14.7. The second kappa shape index (κ2) is 7.66. The second-order valence-corrected chi connectivity index (χ2v) is 7.68. The van der Waals surface area contributed by atoms with Gasteiger partial charge in [-0.1, -0.05) is 0 Å². The molecule has 1 aliphatic rings. The average molecular weight is 429 g/mol. The summed E-state index contributed by atoms with van der Waals surface area (Å²) in [5.41, 5.74) is -1.76. The number of carbonyl (C=O) groups is 1. The van der Waals surface area contributed by atoms with E-state index in [2.05, 4.69) is 0 Å². The summed E-state index contributed by atoms with van der Waals surface area (Å²) in [4.78, 5) is 28.2. The van der Waals surface area contributed by atoms with Gasteiger partial charge in [-0.05, 0) is 38.2 Å². The van der Waals surface area contributed by atoms with Crippen molar-refractivity contribution in [3.8, 4) is 11.4 Å². The average Bonchev–Trinajstić information content (AvgIpc) is 2.73. The molecule has 0 amide bonds. The summed E-state index contributed by atoms with van der Waals surface area (Å²) >= 11 is 0. The SMILES string of the molecule is Cc1c(F)c(N2CCN(C)CC2)c(F)c2c1c(=O)c(C(=O)O)cn2-c1ccc(O)cc1. The van der Waals surface area contributed by atoms with Gasteiger partial charge in [-0.3, -0.25) is 4.79 Å². The van der Waals surface area contributed by atoms with Crippen molar-refractivity contribution in [2.24, 2.45) is 0 Å². The summed E-state index contributed by atoms with van der Waals surface area (Å²) in [5.74, 6) is -3.33. The van der Waals surface area contributed by atoms with Crippen LogP contribution in [0, 0.1) is 18.6 Å². The fourth-order valence-electron chi connectivity index (χ4n) is 3.95. The van der Waals surface area contributed by atoms with Gasteiger partial charge < -0.3 is 24.6 Å². The zero-order valence-corrected chi connectivity index (χ0v) is 17.0. The molecule has 0 spiro atoms. The molecule has 2 heterocycles. The number of piperazine rings is 1. The van der Waals surface area contributed by atoms with Gasteiger partial charge in [-0.2, -0.15) is 0 Å². The molecule has 4 rings (SSSR count). The monoisotopic (exact) mass is 429 g/mol. The molecule has 0 unspecified atom stereocenters. The number of fused-ring (bicyclic) bond motifs is 1. The number of benzene rings is 2. The first-order valence-electron chi connectivity index (χ1n) is 9.73. The molecule has 1 saturated heterocycles. The normalized spacial score (nSPS) is 14.9. The Morgan fingerprint density at radius 3 is 2.23 bits per heavy atom. The molecule has 2 N–H and O–H groups in total. The lowest BCUT2D eigenvalue weighted by Crippen LogP contribution is -2.45. The number of nitrogens with zero attached hydrogens (tertiary/aromatic N) is 3. The number of pyridine rings is 1. The van der Waals surface area contributed by atoms with Crippen molar-refractivity contribution in [1.82, 2.24) is 9.47 Å². The van der Waals surface area contributed by atoms with Gasteiger partial charge in [-0.25, -0.2) is 13.6 Å². The van der Waals surface area contributed by atoms with Gasteiger partial charge in [0.25, 0.3) is 0 Å². The van der Waals surface area contributed by atoms with Crippen LogP contribution in [0.5, 0.6) is 5.75 Å². The molecule has 0 aliphatic carbocycles. The molecule has 31 heavy (non-hydrogen) atoms. The number of aromatic hydroxyl groups is 1. The van der Waals surface area contributed by atoms with E-state index in [-0.39, 0.29) is 27.9 Å². The van der Waals surface area contributed by atoms with Crippen LogP contribution in [0.25, 0.3) is 16.6 Å². The fraction of sp³-hybridized carbons (Fsp3) is 0.273. The van der Waals surface area contributed by atoms with E-state index in [9.17, 15) is 19.8 Å². The summed E-state index contributed by atoms with van der Waals surface area (Å²) in [6.45, 7) is 3.42. The highest BCUT2D eigenvalue weighted by molar-refractivity contribution is 5.96. The van der Waals surface area contributed by atoms with E-state index >= 15 is 8.78 Å². The number of hydrogen-bond acceptors (Lipinski definition) is 5. The second-order valence-electron chi connectivity index (χ2n) is 7.68. The van der Waals surface area contributed by atoms with Crippen LogP contribution in [0.15, 0.2) is 35.3 Å². The van der Waals surface area contributed by atoms with Crippen LogP contribution >= 0.6 is 0 Å². The number of carboxylic acids is 1. The molecule has 3 aromatic rings. The van der Waals surface area contributed by atoms with E-state index in [1.807, 2.05) is 11.9 Å². The van der Waals surface area contributed by atoms with Crippen molar-refractivity contribution in [3.63, 3.8) is 0 Å². The minimum Gasteiger partial charge on any atom is -0.508 e. The van der Waals surface area contributed by atoms with Gasteiger partial charge in [0.2, 0.25) is 5.43 Å². The maximum Gasteiger partial charge on any atom is 0.341 e. The Morgan fingerprint density at radius 2 is 1.65 bits per heavy atom. The molecule has 2 aromatic carbocycles. The lowest BCUT2D eigenvalue weighted by molar-refractivity contribution is 0.0695. The number of phenolic OH excluding ortho intramolecular Hbond substituents is 1. The zero-order valence-electron chi connectivity index (χ0n) is 17.0. The highest BCUT2D eigenvalue weighted by Crippen LogP contribution is 2.35. The Hall–Kier alpha value is -3.46. The van der Waals surface area contributed by atoms with Gasteiger partial charge >= 0.3 is 5.97 Å². The first kappa shape index (κ1) is 20.8. The summed E-state index contributed by atoms with van der Waals surface area (Å²) < 4.78 is 32.5. The minimum atomic E-state index is -1.50. The predicted molar refractivity (Wildman–Crippen MR) is 113 cm³/mol. The van der Waals surface area contributed by atoms with E-state index in [0.29, 0.717) is 31.9 Å². The number of likely N-dealkylation sites (N-methyl/N-ethyl adjacent to an activating group) is 1. The Labute approximate surface area is 176 Å². The summed E-state index contributed by atoms with van der Waals surface area (Å²) in [5, 5.41) is 18.8. The van der Waals surface area contributed by atoms with Gasteiger partial charge in [0.05, 0.1) is 10.9 Å². The quantitative estimate of drug-likeness (QED) is 0.666. The van der Waals surface area contributed by atoms with Crippen molar-refractivity contribution in [1.29, 1.82) is 0 Å². The third-order valence-corrected chi connectivity index (χ3v) is 5.71. The van der Waals surface area contributed by atoms with Gasteiger partial charge in [0, 0.05) is 43.6 Å². The molecule has 0 radical (unpaired) electrons. The van der Waals surface area contributed by atoms with Crippen LogP contribution < -0.4 is 10.3 Å². The fourth-order valence-corrected chi connectivity index (χ4v) is 3.95. The summed E-state index contributed by atoms with van der Waals surface area (Å²) in [7, 11) is 1.92. The summed E-state index contributed by atoms with van der Waals surface area (Å²) in [6, 6.07) is 5.63. The van der Waals surface area contributed by atoms with Gasteiger partial charge in [0.1, 0.15) is 17.0 Å². The maximum absolute atomic E-state index is 15.9. The third kappa shape index (κ3) is 3.40. The molecule has 1 aliphatic heterocycles. The third-order valence-electron chi connectivity index (χ3n) is 5.71. The Balaban J connectivity index is 2.10. The number of hydrogen-bond donors (Lipinski definition) is 2. The summed E-state index contributed by atoms with van der Waals surface area (Å²) in [6.07, 6.45) is 1.04. The number of carboxylic acid groups (broad SMARTS) is 1. The topological polar surface area (TPSA) is 86.0 Å². The van der Waals surface area contributed by atoms with E-state index in [0.717, 1.165) is 6.20 Å². The van der Waals surface area contributed by atoms with E-state index in [4.69, 9.17) is 0 Å². The highest BCUT2D eigenvalue weighted by Gasteiger charge is 2.29. The number of aromatic nitrogens is 1. The number of anilines is 1. The van der Waals surface area contributed by atoms with E-state index in [1.54, 1.807) is 4.90 Å². The standard InChI is InChI=1S/C22H21F2N3O4/c1-12-16-19(18(24)20(17(12)23)26-9-7-25(2)8-10-26)27(11-15(21(16)29)22(30)31)13-3-5-14(28)6-4-13/h3-6,11,28H,7-10H2,1-2H3,(H,30,31). The number of aryl methyl sites for hydroxylation is 1. The molecular formula is C22H21F2N3O4. The lowest BCUT2D eigenvalue weighted by Gasteiger charge is -2.35. The molecule has 0 saturated carbocycles. The van der Waals surface area contributed by atoms with Crippen LogP contribution in [0.4, 0.5) is 14.5 Å². The van der Waals surface area contributed by atoms with Crippen molar-refractivity contribution in [3.05, 3.63) is 63.4 Å². The number of aromatic carboxylic acids is 1.